The zero-order chi connectivity index (χ0) is 21.1. The Hall–Kier alpha value is -2.82. The number of carbonyl (C=O) groups is 2. The van der Waals surface area contributed by atoms with Crippen LogP contribution in [0, 0.1) is 19.8 Å². The second-order valence-electron chi connectivity index (χ2n) is 8.31. The van der Waals surface area contributed by atoms with E-state index in [1.807, 2.05) is 17.0 Å². The number of hydrogen-bond acceptors (Lipinski definition) is 4. The molecule has 0 bridgehead atoms. The van der Waals surface area contributed by atoms with E-state index in [0.717, 1.165) is 6.42 Å². The lowest BCUT2D eigenvalue weighted by Gasteiger charge is -2.31. The number of rotatable bonds is 5. The van der Waals surface area contributed by atoms with Crippen molar-refractivity contribution in [3.8, 4) is 11.5 Å². The summed E-state index contributed by atoms with van der Waals surface area (Å²) >= 11 is 0. The first-order chi connectivity index (χ1) is 14.5. The maximum absolute atomic E-state index is 12.9. The smallest absolute Gasteiger partial charge is 0.222 e. The van der Waals surface area contributed by atoms with E-state index in [9.17, 15) is 9.59 Å². The molecule has 30 heavy (non-hydrogen) atoms. The molecule has 0 spiro atoms. The molecule has 0 saturated carbocycles. The molecular weight excluding hydrogens is 378 g/mol. The molecule has 0 N–H and O–H groups in total. The summed E-state index contributed by atoms with van der Waals surface area (Å²) < 4.78 is 11.1. The summed E-state index contributed by atoms with van der Waals surface area (Å²) in [5.41, 5.74) is 4.38. The van der Waals surface area contributed by atoms with Crippen LogP contribution in [0.25, 0.3) is 0 Å². The number of benzene rings is 2. The van der Waals surface area contributed by atoms with Crippen molar-refractivity contribution in [2.45, 2.75) is 39.5 Å². The molecule has 4 rings (SSSR count). The van der Waals surface area contributed by atoms with Gasteiger partial charge in [-0.15, -0.1) is 0 Å². The fraction of sp³-hybridized carbons (Fsp3) is 0.440. The van der Waals surface area contributed by atoms with Crippen LogP contribution in [-0.4, -0.2) is 42.9 Å². The predicted octanol–water partition coefficient (Wildman–Crippen LogP) is 4.13. The molecule has 0 radical (unpaired) electrons. The van der Waals surface area contributed by atoms with Gasteiger partial charge in [0.1, 0.15) is 13.2 Å². The third kappa shape index (κ3) is 4.50. The Balaban J connectivity index is 1.30. The lowest BCUT2D eigenvalue weighted by atomic mass is 9.88. The van der Waals surface area contributed by atoms with Crippen molar-refractivity contribution in [2.24, 2.45) is 5.92 Å². The number of ketones is 1. The van der Waals surface area contributed by atoms with E-state index in [4.69, 9.17) is 9.47 Å². The number of nitrogens with zero attached hydrogens (tertiary/aromatic N) is 1. The maximum Gasteiger partial charge on any atom is 0.222 e. The summed E-state index contributed by atoms with van der Waals surface area (Å²) in [6, 6.07) is 11.8. The number of Topliss-reactive ketones (excluding diaryl/α,β-unsaturated/α-hetero) is 1. The monoisotopic (exact) mass is 407 g/mol. The molecule has 0 aromatic heterocycles. The van der Waals surface area contributed by atoms with Crippen LogP contribution in [0.15, 0.2) is 36.4 Å². The number of aryl methyl sites for hydroxylation is 3. The first-order valence-electron chi connectivity index (χ1n) is 10.8. The van der Waals surface area contributed by atoms with E-state index >= 15 is 0 Å². The molecule has 0 atom stereocenters. The summed E-state index contributed by atoms with van der Waals surface area (Å²) in [6.07, 6.45) is 2.71. The predicted molar refractivity (Wildman–Crippen MR) is 115 cm³/mol. The van der Waals surface area contributed by atoms with Crippen molar-refractivity contribution < 1.29 is 19.1 Å². The largest absolute Gasteiger partial charge is 0.486 e. The van der Waals surface area contributed by atoms with Crippen molar-refractivity contribution >= 4 is 11.7 Å². The summed E-state index contributed by atoms with van der Waals surface area (Å²) in [5.74, 6) is 1.61. The molecule has 2 aliphatic rings. The van der Waals surface area contributed by atoms with Crippen LogP contribution in [0.1, 0.15) is 46.3 Å². The summed E-state index contributed by atoms with van der Waals surface area (Å²) in [7, 11) is 0. The Morgan fingerprint density at radius 1 is 0.967 bits per heavy atom. The molecule has 2 aromatic rings. The van der Waals surface area contributed by atoms with Crippen molar-refractivity contribution in [1.82, 2.24) is 4.90 Å². The minimum absolute atomic E-state index is 0.0454. The molecule has 0 unspecified atom stereocenters. The highest BCUT2D eigenvalue weighted by Gasteiger charge is 2.28. The topological polar surface area (TPSA) is 55.8 Å². The number of likely N-dealkylation sites (tertiary alicyclic amines) is 1. The number of ether oxygens (including phenoxy) is 2. The Bertz CT molecular complexity index is 944. The normalized spacial score (nSPS) is 16.4. The van der Waals surface area contributed by atoms with Crippen LogP contribution in [0.5, 0.6) is 11.5 Å². The van der Waals surface area contributed by atoms with Gasteiger partial charge in [-0.1, -0.05) is 23.8 Å². The van der Waals surface area contributed by atoms with Crippen LogP contribution in [0.4, 0.5) is 0 Å². The Kier molecular flexibility index (Phi) is 6.07. The van der Waals surface area contributed by atoms with Gasteiger partial charge in [-0.25, -0.2) is 0 Å². The highest BCUT2D eigenvalue weighted by molar-refractivity contribution is 5.98. The first-order valence-corrected chi connectivity index (χ1v) is 10.8. The zero-order valence-electron chi connectivity index (χ0n) is 17.8. The van der Waals surface area contributed by atoms with E-state index in [2.05, 4.69) is 32.0 Å². The van der Waals surface area contributed by atoms with Gasteiger partial charge in [0.25, 0.3) is 0 Å². The molecule has 2 aliphatic heterocycles. The molecular formula is C25H29NO4. The van der Waals surface area contributed by atoms with Crippen LogP contribution in [0.2, 0.25) is 0 Å². The third-order valence-electron chi connectivity index (χ3n) is 6.15. The van der Waals surface area contributed by atoms with Gasteiger partial charge in [-0.05, 0) is 62.4 Å². The number of carbonyl (C=O) groups excluding carboxylic acids is 2. The highest BCUT2D eigenvalue weighted by atomic mass is 16.6. The Morgan fingerprint density at radius 2 is 1.70 bits per heavy atom. The lowest BCUT2D eigenvalue weighted by Crippen LogP contribution is -2.40. The van der Waals surface area contributed by atoms with Crippen LogP contribution in [-0.2, 0) is 11.2 Å². The summed E-state index contributed by atoms with van der Waals surface area (Å²) in [6.45, 7) is 6.52. The van der Waals surface area contributed by atoms with Crippen LogP contribution < -0.4 is 9.47 Å². The zero-order valence-corrected chi connectivity index (χ0v) is 17.8. The molecule has 0 aliphatic carbocycles. The van der Waals surface area contributed by atoms with Crippen LogP contribution in [0.3, 0.4) is 0 Å². The van der Waals surface area contributed by atoms with Crippen molar-refractivity contribution in [2.75, 3.05) is 26.3 Å². The number of hydrogen-bond donors (Lipinski definition) is 0. The highest BCUT2D eigenvalue weighted by Crippen LogP contribution is 2.32. The quantitative estimate of drug-likeness (QED) is 0.700. The number of piperidine rings is 1. The molecule has 2 aromatic carbocycles. The van der Waals surface area contributed by atoms with Gasteiger partial charge < -0.3 is 14.4 Å². The average Bonchev–Trinajstić information content (AvgIpc) is 2.77. The molecule has 5 heteroatoms. The molecule has 1 fully saturated rings. The van der Waals surface area contributed by atoms with Crippen molar-refractivity contribution in [3.05, 3.63) is 58.7 Å². The summed E-state index contributed by atoms with van der Waals surface area (Å²) in [5, 5.41) is 0. The van der Waals surface area contributed by atoms with Gasteiger partial charge >= 0.3 is 0 Å². The fourth-order valence-electron chi connectivity index (χ4n) is 4.35. The molecule has 158 valence electrons. The van der Waals surface area contributed by atoms with Gasteiger partial charge in [-0.3, -0.25) is 9.59 Å². The van der Waals surface area contributed by atoms with E-state index < -0.39 is 0 Å². The molecule has 5 nitrogen and oxygen atoms in total. The second-order valence-corrected chi connectivity index (χ2v) is 8.31. The Morgan fingerprint density at radius 3 is 2.43 bits per heavy atom. The molecule has 2 heterocycles. The minimum atomic E-state index is -0.0454. The SMILES string of the molecule is Cc1ccc(CCC(=O)N2CCC(C(=O)c3ccc4c(c3)OCCO4)CC2)c(C)c1. The minimum Gasteiger partial charge on any atom is -0.486 e. The van der Waals surface area contributed by atoms with Crippen LogP contribution >= 0.6 is 0 Å². The standard InChI is InChI=1S/C25H29NO4/c1-17-3-4-19(18(2)15-17)6-8-24(27)26-11-9-20(10-12-26)25(28)21-5-7-22-23(16-21)30-14-13-29-22/h3-5,7,15-16,20H,6,8-14H2,1-2H3. The van der Waals surface area contributed by atoms with E-state index in [1.165, 1.54) is 16.7 Å². The van der Waals surface area contributed by atoms with Gasteiger partial charge in [0.15, 0.2) is 17.3 Å². The van der Waals surface area contributed by atoms with Crippen molar-refractivity contribution in [1.29, 1.82) is 0 Å². The third-order valence-corrected chi connectivity index (χ3v) is 6.15. The number of amides is 1. The fourth-order valence-corrected chi connectivity index (χ4v) is 4.35. The van der Waals surface area contributed by atoms with E-state index in [0.29, 0.717) is 62.6 Å². The second kappa shape index (κ2) is 8.90. The molecule has 1 saturated heterocycles. The van der Waals surface area contributed by atoms with E-state index in [-0.39, 0.29) is 17.6 Å². The van der Waals surface area contributed by atoms with E-state index in [1.54, 1.807) is 6.07 Å². The maximum atomic E-state index is 12.9. The van der Waals surface area contributed by atoms with Gasteiger partial charge in [0.05, 0.1) is 0 Å². The van der Waals surface area contributed by atoms with Gasteiger partial charge in [0.2, 0.25) is 5.91 Å². The summed E-state index contributed by atoms with van der Waals surface area (Å²) in [4.78, 5) is 27.5. The average molecular weight is 408 g/mol. The Labute approximate surface area is 178 Å². The van der Waals surface area contributed by atoms with Gasteiger partial charge in [-0.2, -0.15) is 0 Å². The molecule has 1 amide bonds. The lowest BCUT2D eigenvalue weighted by molar-refractivity contribution is -0.132. The van der Waals surface area contributed by atoms with Crippen molar-refractivity contribution in [3.63, 3.8) is 0 Å². The van der Waals surface area contributed by atoms with Gasteiger partial charge in [0, 0.05) is 31.0 Å². The number of fused-ring (bicyclic) bond motifs is 1. The first kappa shape index (κ1) is 20.5.